The number of hydrogen-bond acceptors (Lipinski definition) is 5. The van der Waals surface area contributed by atoms with E-state index in [4.69, 9.17) is 0 Å². The van der Waals surface area contributed by atoms with Gasteiger partial charge in [-0.2, -0.15) is 5.10 Å². The molecule has 2 aromatic heterocycles. The highest BCUT2D eigenvalue weighted by Gasteiger charge is 2.29. The standard InChI is InChI=1S/C22H21FN6O3/c23-17-6-4-15(5-7-17)18-8-9-20(29(31)32)21(24-18)25-22(30)27-11-16-12-28(26-19(16)13-27)10-14-2-1-3-14/h4-9,12,14H,1-3,10-11,13H2,(H,24,25,30). The molecular weight excluding hydrogens is 415 g/mol. The van der Waals surface area contributed by atoms with Crippen molar-refractivity contribution in [3.05, 3.63) is 69.8 Å². The molecule has 1 aliphatic carbocycles. The lowest BCUT2D eigenvalue weighted by Gasteiger charge is -2.25. The van der Waals surface area contributed by atoms with E-state index < -0.39 is 16.8 Å². The molecule has 0 unspecified atom stereocenters. The lowest BCUT2D eigenvalue weighted by molar-refractivity contribution is -0.384. The molecular formula is C22H21FN6O3. The number of amides is 2. The van der Waals surface area contributed by atoms with Crippen LogP contribution in [0.5, 0.6) is 0 Å². The third-order valence-electron chi connectivity index (χ3n) is 6.02. The minimum atomic E-state index is -0.597. The highest BCUT2D eigenvalue weighted by molar-refractivity contribution is 5.91. The molecule has 3 heterocycles. The monoisotopic (exact) mass is 436 g/mol. The van der Waals surface area contributed by atoms with E-state index in [0.717, 1.165) is 17.8 Å². The molecule has 10 heteroatoms. The normalized spacial score (nSPS) is 15.3. The van der Waals surface area contributed by atoms with Gasteiger partial charge >= 0.3 is 11.7 Å². The van der Waals surface area contributed by atoms with E-state index in [9.17, 15) is 19.3 Å². The number of anilines is 1. The maximum absolute atomic E-state index is 13.2. The number of nitrogens with zero attached hydrogens (tertiary/aromatic N) is 5. The number of carbonyl (C=O) groups is 1. The number of aromatic nitrogens is 3. The number of hydrogen-bond donors (Lipinski definition) is 1. The number of carbonyl (C=O) groups excluding carboxylic acids is 1. The van der Waals surface area contributed by atoms with Gasteiger partial charge in [-0.15, -0.1) is 0 Å². The lowest BCUT2D eigenvalue weighted by Crippen LogP contribution is -2.31. The molecule has 0 radical (unpaired) electrons. The molecule has 5 rings (SSSR count). The molecule has 0 spiro atoms. The zero-order chi connectivity index (χ0) is 22.2. The van der Waals surface area contributed by atoms with Crippen LogP contribution in [0.1, 0.15) is 30.5 Å². The molecule has 1 aromatic carbocycles. The second-order valence-corrected chi connectivity index (χ2v) is 8.23. The molecule has 0 atom stereocenters. The molecule has 32 heavy (non-hydrogen) atoms. The van der Waals surface area contributed by atoms with Gasteiger partial charge in [-0.25, -0.2) is 14.2 Å². The highest BCUT2D eigenvalue weighted by Crippen LogP contribution is 2.30. The number of halogens is 1. The maximum Gasteiger partial charge on any atom is 0.323 e. The van der Waals surface area contributed by atoms with Crippen LogP contribution in [0.4, 0.5) is 20.7 Å². The third kappa shape index (κ3) is 3.91. The van der Waals surface area contributed by atoms with Crippen LogP contribution < -0.4 is 5.32 Å². The second-order valence-electron chi connectivity index (χ2n) is 8.23. The second kappa shape index (κ2) is 8.03. The predicted molar refractivity (Wildman–Crippen MR) is 114 cm³/mol. The summed E-state index contributed by atoms with van der Waals surface area (Å²) in [7, 11) is 0. The molecule has 164 valence electrons. The molecule has 0 bridgehead atoms. The first kappa shape index (κ1) is 20.1. The number of nitrogens with one attached hydrogen (secondary N) is 1. The number of benzene rings is 1. The van der Waals surface area contributed by atoms with Crippen molar-refractivity contribution in [2.24, 2.45) is 5.92 Å². The summed E-state index contributed by atoms with van der Waals surface area (Å²) in [5, 5.41) is 18.6. The zero-order valence-electron chi connectivity index (χ0n) is 17.2. The molecule has 9 nitrogen and oxygen atoms in total. The fourth-order valence-corrected chi connectivity index (χ4v) is 4.04. The first-order chi connectivity index (χ1) is 15.5. The van der Waals surface area contributed by atoms with Crippen LogP contribution in [0.15, 0.2) is 42.6 Å². The number of pyridine rings is 1. The van der Waals surface area contributed by atoms with Crippen molar-refractivity contribution in [3.8, 4) is 11.3 Å². The number of rotatable bonds is 5. The van der Waals surface area contributed by atoms with Crippen molar-refractivity contribution < 1.29 is 14.1 Å². The number of nitro groups is 1. The van der Waals surface area contributed by atoms with Gasteiger partial charge in [0.05, 0.1) is 29.4 Å². The van der Waals surface area contributed by atoms with Crippen molar-refractivity contribution in [2.75, 3.05) is 5.32 Å². The first-order valence-electron chi connectivity index (χ1n) is 10.5. The Morgan fingerprint density at radius 1 is 1.19 bits per heavy atom. The lowest BCUT2D eigenvalue weighted by atomic mass is 9.85. The number of fused-ring (bicyclic) bond motifs is 1. The SMILES string of the molecule is O=C(Nc1nc(-c2ccc(F)cc2)ccc1[N+](=O)[O-])N1Cc2cn(CC3CCC3)nc2C1. The van der Waals surface area contributed by atoms with Gasteiger partial charge in [0.1, 0.15) is 5.82 Å². The van der Waals surface area contributed by atoms with Gasteiger partial charge in [0, 0.05) is 29.9 Å². The van der Waals surface area contributed by atoms with Crippen LogP contribution in [0, 0.1) is 21.8 Å². The van der Waals surface area contributed by atoms with E-state index in [2.05, 4.69) is 15.4 Å². The van der Waals surface area contributed by atoms with Gasteiger partial charge in [-0.3, -0.25) is 20.1 Å². The van der Waals surface area contributed by atoms with E-state index >= 15 is 0 Å². The average molecular weight is 436 g/mol. The molecule has 0 saturated heterocycles. The first-order valence-corrected chi connectivity index (χ1v) is 10.5. The third-order valence-corrected chi connectivity index (χ3v) is 6.02. The average Bonchev–Trinajstić information content (AvgIpc) is 3.30. The summed E-state index contributed by atoms with van der Waals surface area (Å²) in [6.45, 7) is 1.63. The van der Waals surface area contributed by atoms with Crippen LogP contribution >= 0.6 is 0 Å². The van der Waals surface area contributed by atoms with E-state index in [1.54, 1.807) is 4.90 Å². The Morgan fingerprint density at radius 2 is 1.97 bits per heavy atom. The van der Waals surface area contributed by atoms with E-state index in [1.807, 2.05) is 10.9 Å². The van der Waals surface area contributed by atoms with Crippen molar-refractivity contribution in [3.63, 3.8) is 0 Å². The van der Waals surface area contributed by atoms with Crippen LogP contribution in [0.3, 0.4) is 0 Å². The fourth-order valence-electron chi connectivity index (χ4n) is 4.04. The van der Waals surface area contributed by atoms with Crippen LogP contribution in [0.25, 0.3) is 11.3 Å². The Balaban J connectivity index is 1.31. The van der Waals surface area contributed by atoms with Crippen LogP contribution in [0.2, 0.25) is 0 Å². The molecule has 1 aliphatic heterocycles. The summed E-state index contributed by atoms with van der Waals surface area (Å²) in [5.74, 6) is 0.142. The summed E-state index contributed by atoms with van der Waals surface area (Å²) in [6.07, 6.45) is 5.74. The molecule has 3 aromatic rings. The van der Waals surface area contributed by atoms with E-state index in [1.165, 1.54) is 55.7 Å². The van der Waals surface area contributed by atoms with E-state index in [0.29, 0.717) is 30.3 Å². The van der Waals surface area contributed by atoms with Crippen molar-refractivity contribution >= 4 is 17.5 Å². The van der Waals surface area contributed by atoms with Crippen LogP contribution in [-0.4, -0.2) is 30.6 Å². The molecule has 2 aliphatic rings. The quantitative estimate of drug-likeness (QED) is 0.473. The van der Waals surface area contributed by atoms with Crippen molar-refractivity contribution in [2.45, 2.75) is 38.9 Å². The minimum absolute atomic E-state index is 0.151. The summed E-state index contributed by atoms with van der Waals surface area (Å²) in [5.41, 5.74) is 2.50. The van der Waals surface area contributed by atoms with E-state index in [-0.39, 0.29) is 11.5 Å². The predicted octanol–water partition coefficient (Wildman–Crippen LogP) is 4.34. The summed E-state index contributed by atoms with van der Waals surface area (Å²) < 4.78 is 15.2. The summed E-state index contributed by atoms with van der Waals surface area (Å²) >= 11 is 0. The van der Waals surface area contributed by atoms with Crippen molar-refractivity contribution in [1.82, 2.24) is 19.7 Å². The zero-order valence-corrected chi connectivity index (χ0v) is 17.2. The maximum atomic E-state index is 13.2. The Labute approximate surface area is 183 Å². The van der Waals surface area contributed by atoms with Gasteiger partial charge in [-0.1, -0.05) is 6.42 Å². The molecule has 1 N–H and O–H groups in total. The van der Waals surface area contributed by atoms with Crippen LogP contribution in [-0.2, 0) is 19.6 Å². The van der Waals surface area contributed by atoms with Crippen molar-refractivity contribution in [1.29, 1.82) is 0 Å². The highest BCUT2D eigenvalue weighted by atomic mass is 19.1. The van der Waals surface area contributed by atoms with Gasteiger partial charge in [0.15, 0.2) is 0 Å². The van der Waals surface area contributed by atoms with Gasteiger partial charge in [-0.05, 0) is 49.1 Å². The smallest absolute Gasteiger partial charge is 0.314 e. The Morgan fingerprint density at radius 3 is 2.62 bits per heavy atom. The number of urea groups is 1. The Kier molecular flexibility index (Phi) is 5.04. The molecule has 1 fully saturated rings. The summed E-state index contributed by atoms with van der Waals surface area (Å²) in [6, 6.07) is 7.88. The Hall–Kier alpha value is -3.82. The summed E-state index contributed by atoms with van der Waals surface area (Å²) in [4.78, 5) is 29.5. The van der Waals surface area contributed by atoms with Gasteiger partial charge in [0.2, 0.25) is 5.82 Å². The molecule has 2 amide bonds. The van der Waals surface area contributed by atoms with Gasteiger partial charge in [0.25, 0.3) is 0 Å². The minimum Gasteiger partial charge on any atom is -0.314 e. The topological polar surface area (TPSA) is 106 Å². The largest absolute Gasteiger partial charge is 0.323 e. The Bertz CT molecular complexity index is 1170. The fraction of sp³-hybridized carbons (Fsp3) is 0.318. The van der Waals surface area contributed by atoms with Gasteiger partial charge < -0.3 is 4.90 Å². The molecule has 1 saturated carbocycles.